The van der Waals surface area contributed by atoms with Crippen LogP contribution < -0.4 is 15.4 Å². The van der Waals surface area contributed by atoms with E-state index >= 15 is 0 Å². The fourth-order valence-electron chi connectivity index (χ4n) is 1.81. The molecule has 0 aliphatic carbocycles. The molecule has 7 nitrogen and oxygen atoms in total. The predicted molar refractivity (Wildman–Crippen MR) is 92.9 cm³/mol. The second-order valence-corrected chi connectivity index (χ2v) is 6.82. The highest BCUT2D eigenvalue weighted by Crippen LogP contribution is 1.98. The van der Waals surface area contributed by atoms with Crippen molar-refractivity contribution in [3.05, 3.63) is 35.9 Å². The van der Waals surface area contributed by atoms with Crippen molar-refractivity contribution in [2.75, 3.05) is 39.6 Å². The maximum absolute atomic E-state index is 11.9. The third-order valence-electron chi connectivity index (χ3n) is 3.04. The van der Waals surface area contributed by atoms with Crippen molar-refractivity contribution in [2.45, 2.75) is 13.0 Å². The van der Waals surface area contributed by atoms with Gasteiger partial charge in [-0.25, -0.2) is 13.1 Å². The van der Waals surface area contributed by atoms with Crippen LogP contribution in [0.25, 0.3) is 0 Å². The fraction of sp³-hybridized carbons (Fsp3) is 0.533. The van der Waals surface area contributed by atoms with E-state index in [1.807, 2.05) is 30.3 Å². The van der Waals surface area contributed by atoms with Crippen molar-refractivity contribution in [1.29, 1.82) is 0 Å². The minimum Gasteiger partial charge on any atom is -0.385 e. The first-order valence-corrected chi connectivity index (χ1v) is 9.17. The molecule has 0 spiro atoms. The molecular weight excluding hydrogens is 316 g/mol. The lowest BCUT2D eigenvalue weighted by Crippen LogP contribution is -2.41. The van der Waals surface area contributed by atoms with E-state index in [0.29, 0.717) is 25.7 Å². The summed E-state index contributed by atoms with van der Waals surface area (Å²) in [5.41, 5.74) is 0.930. The summed E-state index contributed by atoms with van der Waals surface area (Å²) in [6, 6.07) is 9.42. The molecular formula is C15H26N4O3S. The maximum Gasteiger partial charge on any atom is 0.213 e. The van der Waals surface area contributed by atoms with Crippen molar-refractivity contribution >= 4 is 16.0 Å². The fourth-order valence-corrected chi connectivity index (χ4v) is 2.71. The average molecular weight is 342 g/mol. The lowest BCUT2D eigenvalue weighted by atomic mass is 10.2. The Kier molecular flexibility index (Phi) is 9.27. The molecule has 130 valence electrons. The maximum atomic E-state index is 11.9. The van der Waals surface area contributed by atoms with Crippen LogP contribution in [0.3, 0.4) is 0 Å². The molecule has 0 aliphatic heterocycles. The van der Waals surface area contributed by atoms with Crippen LogP contribution in [0, 0.1) is 0 Å². The van der Waals surface area contributed by atoms with E-state index in [1.54, 1.807) is 14.2 Å². The highest BCUT2D eigenvalue weighted by atomic mass is 32.2. The van der Waals surface area contributed by atoms with Crippen LogP contribution in [0.5, 0.6) is 0 Å². The summed E-state index contributed by atoms with van der Waals surface area (Å²) in [6.07, 6.45) is 0.855. The van der Waals surface area contributed by atoms with Crippen LogP contribution in [-0.2, 0) is 21.3 Å². The molecule has 23 heavy (non-hydrogen) atoms. The summed E-state index contributed by atoms with van der Waals surface area (Å²) in [5.74, 6) is 0.567. The first-order valence-electron chi connectivity index (χ1n) is 7.52. The Morgan fingerprint density at radius 1 is 1.17 bits per heavy atom. The SMILES string of the molecule is CN=C(NCCCOC)NCCS(=O)(=O)NCc1ccccc1. The lowest BCUT2D eigenvalue weighted by molar-refractivity contribution is 0.195. The van der Waals surface area contributed by atoms with E-state index in [1.165, 1.54) is 0 Å². The number of ether oxygens (including phenoxy) is 1. The summed E-state index contributed by atoms with van der Waals surface area (Å²) in [4.78, 5) is 4.04. The molecule has 1 aromatic rings. The summed E-state index contributed by atoms with van der Waals surface area (Å²) >= 11 is 0. The minimum atomic E-state index is -3.33. The molecule has 3 N–H and O–H groups in total. The Balaban J connectivity index is 2.26. The Morgan fingerprint density at radius 2 is 1.87 bits per heavy atom. The Hall–Kier alpha value is -1.64. The van der Waals surface area contributed by atoms with Gasteiger partial charge in [-0.3, -0.25) is 4.99 Å². The number of methoxy groups -OCH3 is 1. The molecule has 0 saturated carbocycles. The zero-order chi connectivity index (χ0) is 17.0. The van der Waals surface area contributed by atoms with Crippen molar-refractivity contribution < 1.29 is 13.2 Å². The third kappa shape index (κ3) is 9.17. The summed E-state index contributed by atoms with van der Waals surface area (Å²) < 4.78 is 31.4. The van der Waals surface area contributed by atoms with Crippen LogP contribution >= 0.6 is 0 Å². The molecule has 0 unspecified atom stereocenters. The highest BCUT2D eigenvalue weighted by Gasteiger charge is 2.10. The molecule has 0 fully saturated rings. The number of benzene rings is 1. The van der Waals surface area contributed by atoms with Gasteiger partial charge in [-0.2, -0.15) is 0 Å². The summed E-state index contributed by atoms with van der Waals surface area (Å²) in [6.45, 7) is 1.97. The highest BCUT2D eigenvalue weighted by molar-refractivity contribution is 7.89. The monoisotopic (exact) mass is 342 g/mol. The van der Waals surface area contributed by atoms with Crippen molar-refractivity contribution in [3.8, 4) is 0 Å². The van der Waals surface area contributed by atoms with E-state index < -0.39 is 10.0 Å². The summed E-state index contributed by atoms with van der Waals surface area (Å²) in [7, 11) is -0.0283. The van der Waals surface area contributed by atoms with Gasteiger partial charge in [0.05, 0.1) is 5.75 Å². The van der Waals surface area contributed by atoms with E-state index in [2.05, 4.69) is 20.3 Å². The number of nitrogens with zero attached hydrogens (tertiary/aromatic N) is 1. The van der Waals surface area contributed by atoms with Crippen LogP contribution in [0.15, 0.2) is 35.3 Å². The first-order chi connectivity index (χ1) is 11.1. The number of hydrogen-bond acceptors (Lipinski definition) is 4. The zero-order valence-corrected chi connectivity index (χ0v) is 14.5. The number of nitrogens with one attached hydrogen (secondary N) is 3. The molecule has 0 saturated heterocycles. The topological polar surface area (TPSA) is 91.8 Å². The van der Waals surface area contributed by atoms with Gasteiger partial charge in [0.15, 0.2) is 5.96 Å². The third-order valence-corrected chi connectivity index (χ3v) is 4.37. The van der Waals surface area contributed by atoms with Gasteiger partial charge in [-0.15, -0.1) is 0 Å². The Morgan fingerprint density at radius 3 is 2.52 bits per heavy atom. The number of hydrogen-bond donors (Lipinski definition) is 3. The number of aliphatic imine (C=N–C) groups is 1. The molecule has 1 aromatic carbocycles. The van der Waals surface area contributed by atoms with Gasteiger partial charge in [0, 0.05) is 40.4 Å². The van der Waals surface area contributed by atoms with E-state index in [0.717, 1.165) is 12.0 Å². The van der Waals surface area contributed by atoms with Gasteiger partial charge in [0.25, 0.3) is 0 Å². The second-order valence-electron chi connectivity index (χ2n) is 4.90. The van der Waals surface area contributed by atoms with Crippen molar-refractivity contribution in [2.24, 2.45) is 4.99 Å². The van der Waals surface area contributed by atoms with Gasteiger partial charge in [-0.1, -0.05) is 30.3 Å². The molecule has 0 bridgehead atoms. The quantitative estimate of drug-likeness (QED) is 0.323. The molecule has 0 atom stereocenters. The molecule has 0 aliphatic rings. The van der Waals surface area contributed by atoms with E-state index in [4.69, 9.17) is 4.74 Å². The van der Waals surface area contributed by atoms with E-state index in [-0.39, 0.29) is 12.3 Å². The van der Waals surface area contributed by atoms with Gasteiger partial charge < -0.3 is 15.4 Å². The smallest absolute Gasteiger partial charge is 0.213 e. The molecule has 0 amide bonds. The average Bonchev–Trinajstić information content (AvgIpc) is 2.56. The van der Waals surface area contributed by atoms with Gasteiger partial charge in [0.1, 0.15) is 0 Å². The number of sulfonamides is 1. The number of guanidine groups is 1. The minimum absolute atomic E-state index is 0.0153. The van der Waals surface area contributed by atoms with Crippen LogP contribution in [0.1, 0.15) is 12.0 Å². The molecule has 0 aromatic heterocycles. The normalized spacial score (nSPS) is 12.2. The van der Waals surface area contributed by atoms with Gasteiger partial charge >= 0.3 is 0 Å². The van der Waals surface area contributed by atoms with Crippen LogP contribution in [-0.4, -0.2) is 54.0 Å². The van der Waals surface area contributed by atoms with E-state index in [9.17, 15) is 8.42 Å². The Bertz CT molecular complexity index is 561. The number of rotatable bonds is 10. The molecule has 0 heterocycles. The summed E-state index contributed by atoms with van der Waals surface area (Å²) in [5, 5.41) is 6.07. The van der Waals surface area contributed by atoms with Crippen LogP contribution in [0.4, 0.5) is 0 Å². The first kappa shape index (κ1) is 19.4. The molecule has 8 heteroatoms. The Labute approximate surface area is 138 Å². The molecule has 0 radical (unpaired) electrons. The lowest BCUT2D eigenvalue weighted by Gasteiger charge is -2.12. The zero-order valence-electron chi connectivity index (χ0n) is 13.7. The van der Waals surface area contributed by atoms with Gasteiger partial charge in [0.2, 0.25) is 10.0 Å². The van der Waals surface area contributed by atoms with Crippen molar-refractivity contribution in [3.63, 3.8) is 0 Å². The second kappa shape index (κ2) is 11.0. The van der Waals surface area contributed by atoms with Crippen molar-refractivity contribution in [1.82, 2.24) is 15.4 Å². The standard InChI is InChI=1S/C15H26N4O3S/c1-16-15(17-9-6-11-22-2)18-10-12-23(20,21)19-13-14-7-4-3-5-8-14/h3-5,7-8,19H,6,9-13H2,1-2H3,(H2,16,17,18). The van der Waals surface area contributed by atoms with Crippen LogP contribution in [0.2, 0.25) is 0 Å². The van der Waals surface area contributed by atoms with Gasteiger partial charge in [-0.05, 0) is 12.0 Å². The largest absolute Gasteiger partial charge is 0.385 e. The predicted octanol–water partition coefficient (Wildman–Crippen LogP) is 0.308. The molecule has 1 rings (SSSR count).